The van der Waals surface area contributed by atoms with Crippen molar-refractivity contribution in [1.82, 2.24) is 15.1 Å². The highest BCUT2D eigenvalue weighted by Crippen LogP contribution is 2.32. The van der Waals surface area contributed by atoms with Crippen molar-refractivity contribution < 1.29 is 4.79 Å². The maximum absolute atomic E-state index is 11.9. The van der Waals surface area contributed by atoms with Gasteiger partial charge in [0.1, 0.15) is 0 Å². The standard InChI is InChI=1S/C22H32N4OS/c1-3-24(2)22(27)23-18-15-17(16-18)7-9-25-10-12-26(13-11-25)20-5-4-6-21-19(20)8-14-28-21/h4-6,8,14,17-18H,3,7,9-13,15-16H2,1-2H3,(H,23,27)/t17-,18+. The van der Waals surface area contributed by atoms with Crippen LogP contribution in [0.25, 0.3) is 10.1 Å². The number of carbonyl (C=O) groups is 1. The number of piperazine rings is 1. The largest absolute Gasteiger partial charge is 0.368 e. The van der Waals surface area contributed by atoms with Gasteiger partial charge in [0.2, 0.25) is 0 Å². The molecular formula is C22H32N4OS. The Morgan fingerprint density at radius 3 is 2.75 bits per heavy atom. The molecule has 0 radical (unpaired) electrons. The molecule has 2 heterocycles. The number of anilines is 1. The Morgan fingerprint density at radius 2 is 2.00 bits per heavy atom. The second kappa shape index (κ2) is 8.70. The third-order valence-corrected chi connectivity index (χ3v) is 7.31. The molecule has 1 saturated heterocycles. The van der Waals surface area contributed by atoms with E-state index in [-0.39, 0.29) is 6.03 Å². The van der Waals surface area contributed by atoms with E-state index in [2.05, 4.69) is 44.8 Å². The molecule has 1 aromatic heterocycles. The highest BCUT2D eigenvalue weighted by Gasteiger charge is 2.31. The zero-order valence-electron chi connectivity index (χ0n) is 17.1. The number of hydrogen-bond acceptors (Lipinski definition) is 4. The van der Waals surface area contributed by atoms with E-state index >= 15 is 0 Å². The summed E-state index contributed by atoms with van der Waals surface area (Å²) in [6.07, 6.45) is 3.54. The number of thiophene rings is 1. The van der Waals surface area contributed by atoms with Crippen LogP contribution in [0, 0.1) is 5.92 Å². The molecule has 2 fully saturated rings. The van der Waals surface area contributed by atoms with Gasteiger partial charge in [-0.1, -0.05) is 6.07 Å². The van der Waals surface area contributed by atoms with Gasteiger partial charge in [-0.25, -0.2) is 4.79 Å². The second-order valence-electron chi connectivity index (χ2n) is 8.22. The predicted molar refractivity (Wildman–Crippen MR) is 118 cm³/mol. The molecule has 0 unspecified atom stereocenters. The lowest BCUT2D eigenvalue weighted by atomic mass is 9.78. The van der Waals surface area contributed by atoms with Crippen LogP contribution in [0.4, 0.5) is 10.5 Å². The monoisotopic (exact) mass is 400 g/mol. The van der Waals surface area contributed by atoms with Crippen LogP contribution in [0.1, 0.15) is 26.2 Å². The van der Waals surface area contributed by atoms with E-state index in [1.165, 1.54) is 28.7 Å². The SMILES string of the molecule is CCN(C)C(=O)N[C@H]1C[C@@H](CCN2CCN(c3cccc4sccc34)CC2)C1. The average molecular weight is 401 g/mol. The quantitative estimate of drug-likeness (QED) is 0.800. The summed E-state index contributed by atoms with van der Waals surface area (Å²) in [5, 5.41) is 6.73. The maximum atomic E-state index is 11.9. The molecule has 1 aliphatic carbocycles. The summed E-state index contributed by atoms with van der Waals surface area (Å²) in [6, 6.07) is 9.38. The number of hydrogen-bond donors (Lipinski definition) is 1. The van der Waals surface area contributed by atoms with Crippen LogP contribution in [-0.4, -0.2) is 68.2 Å². The summed E-state index contributed by atoms with van der Waals surface area (Å²) < 4.78 is 1.39. The van der Waals surface area contributed by atoms with Crippen molar-refractivity contribution in [1.29, 1.82) is 0 Å². The lowest BCUT2D eigenvalue weighted by Crippen LogP contribution is -2.50. The Labute approximate surface area is 172 Å². The van der Waals surface area contributed by atoms with Crippen LogP contribution in [0.2, 0.25) is 0 Å². The minimum Gasteiger partial charge on any atom is -0.368 e. The molecule has 1 aliphatic heterocycles. The Balaban J connectivity index is 1.17. The Morgan fingerprint density at radius 1 is 1.21 bits per heavy atom. The number of nitrogens with one attached hydrogen (secondary N) is 1. The van der Waals surface area contributed by atoms with Crippen molar-refractivity contribution in [3.05, 3.63) is 29.6 Å². The molecule has 0 bridgehead atoms. The third kappa shape index (κ3) is 4.28. The molecular weight excluding hydrogens is 368 g/mol. The van der Waals surface area contributed by atoms with Crippen LogP contribution in [-0.2, 0) is 0 Å². The molecule has 152 valence electrons. The molecule has 1 saturated carbocycles. The topological polar surface area (TPSA) is 38.8 Å². The number of carbonyl (C=O) groups excluding carboxylic acids is 1. The number of benzene rings is 1. The van der Waals surface area contributed by atoms with Crippen molar-refractivity contribution in [2.45, 2.75) is 32.2 Å². The minimum atomic E-state index is 0.0720. The first-order valence-electron chi connectivity index (χ1n) is 10.6. The smallest absolute Gasteiger partial charge is 0.317 e. The second-order valence-corrected chi connectivity index (χ2v) is 9.17. The van der Waals surface area contributed by atoms with Gasteiger partial charge in [0.05, 0.1) is 0 Å². The lowest BCUT2D eigenvalue weighted by molar-refractivity contribution is 0.159. The van der Waals surface area contributed by atoms with Gasteiger partial charge in [-0.2, -0.15) is 0 Å². The molecule has 1 N–H and O–H groups in total. The Hall–Kier alpha value is -1.79. The molecule has 2 aliphatic rings. The zero-order chi connectivity index (χ0) is 19.5. The molecule has 28 heavy (non-hydrogen) atoms. The molecule has 5 nitrogen and oxygen atoms in total. The molecule has 1 aromatic carbocycles. The number of nitrogens with zero attached hydrogens (tertiary/aromatic N) is 3. The number of amides is 2. The number of urea groups is 1. The fourth-order valence-corrected chi connectivity index (χ4v) is 5.16. The van der Waals surface area contributed by atoms with Crippen molar-refractivity contribution in [2.24, 2.45) is 5.92 Å². The van der Waals surface area contributed by atoms with Crippen LogP contribution < -0.4 is 10.2 Å². The zero-order valence-corrected chi connectivity index (χ0v) is 17.9. The van der Waals surface area contributed by atoms with Crippen LogP contribution in [0.5, 0.6) is 0 Å². The van der Waals surface area contributed by atoms with Gasteiger partial charge in [0.15, 0.2) is 0 Å². The van der Waals surface area contributed by atoms with Crippen molar-refractivity contribution in [3.8, 4) is 0 Å². The van der Waals surface area contributed by atoms with Crippen molar-refractivity contribution >= 4 is 33.1 Å². The van der Waals surface area contributed by atoms with E-state index in [1.807, 2.05) is 25.3 Å². The van der Waals surface area contributed by atoms with Crippen molar-refractivity contribution in [2.75, 3.05) is 51.2 Å². The summed E-state index contributed by atoms with van der Waals surface area (Å²) in [7, 11) is 1.85. The van der Waals surface area contributed by atoms with E-state index in [4.69, 9.17) is 0 Å². The first kappa shape index (κ1) is 19.5. The maximum Gasteiger partial charge on any atom is 0.317 e. The molecule has 6 heteroatoms. The van der Waals surface area contributed by atoms with Gasteiger partial charge >= 0.3 is 6.03 Å². The summed E-state index contributed by atoms with van der Waals surface area (Å²) in [5.41, 5.74) is 1.40. The normalized spacial score (nSPS) is 22.9. The van der Waals surface area contributed by atoms with Crippen molar-refractivity contribution in [3.63, 3.8) is 0 Å². The van der Waals surface area contributed by atoms with E-state index in [0.717, 1.165) is 51.5 Å². The fraction of sp³-hybridized carbons (Fsp3) is 0.591. The van der Waals surface area contributed by atoms with Gasteiger partial charge in [-0.05, 0) is 62.2 Å². The molecule has 0 atom stereocenters. The van der Waals surface area contributed by atoms with E-state index in [0.29, 0.717) is 6.04 Å². The molecule has 0 spiro atoms. The highest BCUT2D eigenvalue weighted by molar-refractivity contribution is 7.17. The third-order valence-electron chi connectivity index (χ3n) is 6.42. The van der Waals surface area contributed by atoms with Gasteiger partial charge in [0.25, 0.3) is 0 Å². The van der Waals surface area contributed by atoms with E-state index in [9.17, 15) is 4.79 Å². The lowest BCUT2D eigenvalue weighted by Gasteiger charge is -2.40. The fourth-order valence-electron chi connectivity index (χ4n) is 4.35. The summed E-state index contributed by atoms with van der Waals surface area (Å²) >= 11 is 1.83. The Kier molecular flexibility index (Phi) is 6.07. The van der Waals surface area contributed by atoms with Crippen LogP contribution in [0.15, 0.2) is 29.6 Å². The first-order chi connectivity index (χ1) is 13.6. The molecule has 2 aromatic rings. The minimum absolute atomic E-state index is 0.0720. The van der Waals surface area contributed by atoms with E-state index < -0.39 is 0 Å². The number of rotatable bonds is 6. The van der Waals surface area contributed by atoms with Crippen LogP contribution in [0.3, 0.4) is 0 Å². The highest BCUT2D eigenvalue weighted by atomic mass is 32.1. The van der Waals surface area contributed by atoms with Gasteiger partial charge < -0.3 is 15.1 Å². The van der Waals surface area contributed by atoms with Crippen LogP contribution >= 0.6 is 11.3 Å². The summed E-state index contributed by atoms with van der Waals surface area (Å²) in [6.45, 7) is 8.47. The van der Waals surface area contributed by atoms with Gasteiger partial charge in [-0.15, -0.1) is 11.3 Å². The molecule has 4 rings (SSSR count). The van der Waals surface area contributed by atoms with E-state index in [1.54, 1.807) is 4.90 Å². The first-order valence-corrected chi connectivity index (χ1v) is 11.5. The average Bonchev–Trinajstić information content (AvgIpc) is 3.18. The predicted octanol–water partition coefficient (Wildman–Crippen LogP) is 3.85. The van der Waals surface area contributed by atoms with Gasteiger partial charge in [-0.3, -0.25) is 4.90 Å². The molecule has 2 amide bonds. The number of fused-ring (bicyclic) bond motifs is 1. The summed E-state index contributed by atoms with van der Waals surface area (Å²) in [4.78, 5) is 18.8. The summed E-state index contributed by atoms with van der Waals surface area (Å²) in [5.74, 6) is 0.773. The Bertz CT molecular complexity index is 793. The van der Waals surface area contributed by atoms with Gasteiger partial charge in [0, 0.05) is 61.6 Å².